The molecule has 0 aliphatic heterocycles. The lowest BCUT2D eigenvalue weighted by atomic mass is 10.1. The summed E-state index contributed by atoms with van der Waals surface area (Å²) in [6.07, 6.45) is 10.6. The zero-order valence-corrected chi connectivity index (χ0v) is 15.2. The molecule has 3 aromatic rings. The molecule has 1 fully saturated rings. The van der Waals surface area contributed by atoms with E-state index in [2.05, 4.69) is 20.5 Å². The molecular formula is C18H19ClN6O2. The highest BCUT2D eigenvalue weighted by molar-refractivity contribution is 6.30. The van der Waals surface area contributed by atoms with Crippen molar-refractivity contribution in [3.05, 3.63) is 59.9 Å². The molecular weight excluding hydrogens is 368 g/mol. The van der Waals surface area contributed by atoms with Gasteiger partial charge in [-0.05, 0) is 30.9 Å². The molecule has 0 saturated heterocycles. The average molecular weight is 387 g/mol. The third-order valence-electron chi connectivity index (χ3n) is 4.79. The molecule has 1 aliphatic rings. The van der Waals surface area contributed by atoms with E-state index in [0.717, 1.165) is 0 Å². The molecule has 27 heavy (non-hydrogen) atoms. The van der Waals surface area contributed by atoms with Crippen LogP contribution in [-0.4, -0.2) is 47.7 Å². The Labute approximate surface area is 160 Å². The molecule has 4 rings (SSSR count). The highest BCUT2D eigenvalue weighted by Crippen LogP contribution is 2.28. The number of pyridine rings is 1. The van der Waals surface area contributed by atoms with Gasteiger partial charge in [-0.15, -0.1) is 0 Å². The summed E-state index contributed by atoms with van der Waals surface area (Å²) < 4.78 is 3.36. The average Bonchev–Trinajstić information content (AvgIpc) is 3.38. The van der Waals surface area contributed by atoms with Crippen molar-refractivity contribution in [1.82, 2.24) is 29.9 Å². The lowest BCUT2D eigenvalue weighted by Gasteiger charge is -2.17. The van der Waals surface area contributed by atoms with Crippen LogP contribution in [0, 0.1) is 5.92 Å². The fourth-order valence-electron chi connectivity index (χ4n) is 3.54. The zero-order chi connectivity index (χ0) is 18.8. The van der Waals surface area contributed by atoms with E-state index in [0.29, 0.717) is 35.7 Å². The highest BCUT2D eigenvalue weighted by atomic mass is 35.5. The first-order valence-corrected chi connectivity index (χ1v) is 9.09. The van der Waals surface area contributed by atoms with E-state index >= 15 is 0 Å². The number of hydrogen-bond donors (Lipinski definition) is 2. The molecule has 1 unspecified atom stereocenters. The molecule has 140 valence electrons. The summed E-state index contributed by atoms with van der Waals surface area (Å²) in [6, 6.07) is 3.12. The summed E-state index contributed by atoms with van der Waals surface area (Å²) in [4.78, 5) is 16.9. The van der Waals surface area contributed by atoms with Gasteiger partial charge in [0, 0.05) is 31.3 Å². The predicted octanol–water partition coefficient (Wildman–Crippen LogP) is 1.69. The molecule has 3 aromatic heterocycles. The van der Waals surface area contributed by atoms with Gasteiger partial charge < -0.3 is 10.4 Å². The monoisotopic (exact) mass is 386 g/mol. The van der Waals surface area contributed by atoms with Gasteiger partial charge in [-0.3, -0.25) is 14.5 Å². The van der Waals surface area contributed by atoms with Gasteiger partial charge >= 0.3 is 0 Å². The first-order chi connectivity index (χ1) is 13.1. The van der Waals surface area contributed by atoms with Crippen LogP contribution in [0.3, 0.4) is 0 Å². The van der Waals surface area contributed by atoms with Crippen molar-refractivity contribution in [3.8, 4) is 5.69 Å². The highest BCUT2D eigenvalue weighted by Gasteiger charge is 2.34. The zero-order valence-electron chi connectivity index (χ0n) is 14.4. The van der Waals surface area contributed by atoms with E-state index < -0.39 is 6.10 Å². The first kappa shape index (κ1) is 17.7. The number of amides is 1. The predicted molar refractivity (Wildman–Crippen MR) is 98.6 cm³/mol. The molecule has 0 radical (unpaired) electrons. The van der Waals surface area contributed by atoms with Crippen LogP contribution < -0.4 is 5.32 Å². The Hall–Kier alpha value is -2.71. The van der Waals surface area contributed by atoms with Crippen LogP contribution in [0.2, 0.25) is 5.02 Å². The number of carbonyl (C=O) groups is 1. The Morgan fingerprint density at radius 3 is 2.93 bits per heavy atom. The maximum absolute atomic E-state index is 12.8. The number of hydrogen-bond acceptors (Lipinski definition) is 5. The van der Waals surface area contributed by atoms with Crippen molar-refractivity contribution in [3.63, 3.8) is 0 Å². The van der Waals surface area contributed by atoms with Crippen LogP contribution in [-0.2, 0) is 6.54 Å². The molecule has 1 amide bonds. The Morgan fingerprint density at radius 2 is 2.19 bits per heavy atom. The topological polar surface area (TPSA) is 97.9 Å². The Morgan fingerprint density at radius 1 is 1.30 bits per heavy atom. The number of halogens is 1. The van der Waals surface area contributed by atoms with Gasteiger partial charge in [0.05, 0.1) is 40.8 Å². The van der Waals surface area contributed by atoms with Crippen LogP contribution in [0.25, 0.3) is 5.69 Å². The summed E-state index contributed by atoms with van der Waals surface area (Å²) in [5.41, 5.74) is 1.05. The second-order valence-corrected chi connectivity index (χ2v) is 7.15. The van der Waals surface area contributed by atoms with Crippen molar-refractivity contribution in [2.75, 3.05) is 0 Å². The Bertz CT molecular complexity index is 926. The minimum absolute atomic E-state index is 0.212. The van der Waals surface area contributed by atoms with Gasteiger partial charge in [-0.1, -0.05) is 11.6 Å². The lowest BCUT2D eigenvalue weighted by Crippen LogP contribution is -2.40. The van der Waals surface area contributed by atoms with Gasteiger partial charge in [0.2, 0.25) is 0 Å². The summed E-state index contributed by atoms with van der Waals surface area (Å²) in [5.74, 6) is -0.0426. The number of aromatic nitrogens is 5. The number of nitrogens with one attached hydrogen (secondary N) is 1. The van der Waals surface area contributed by atoms with Crippen molar-refractivity contribution >= 4 is 17.5 Å². The van der Waals surface area contributed by atoms with Crippen molar-refractivity contribution < 1.29 is 9.90 Å². The number of carbonyl (C=O) groups excluding carboxylic acids is 1. The molecule has 1 aliphatic carbocycles. The van der Waals surface area contributed by atoms with Gasteiger partial charge in [-0.2, -0.15) is 10.2 Å². The van der Waals surface area contributed by atoms with Gasteiger partial charge in [0.15, 0.2) is 0 Å². The molecule has 8 nitrogen and oxygen atoms in total. The number of aliphatic hydroxyl groups excluding tert-OH is 1. The molecule has 2 N–H and O–H groups in total. The third kappa shape index (κ3) is 3.86. The second kappa shape index (κ2) is 7.50. The molecule has 1 saturated carbocycles. The molecule has 9 heteroatoms. The maximum atomic E-state index is 12.8. The van der Waals surface area contributed by atoms with Crippen LogP contribution in [0.5, 0.6) is 0 Å². The van der Waals surface area contributed by atoms with E-state index in [1.54, 1.807) is 58.7 Å². The first-order valence-electron chi connectivity index (χ1n) is 8.71. The standard InChI is InChI=1S/C18H19ClN6O2/c19-13-8-22-24(11-13)10-12-6-15(17(26)7-12)23-18(27)14-2-4-20-9-16(14)25-5-1-3-21-25/h1-5,8-9,11-12,15,17,26H,6-7,10H2,(H,23,27)/t12?,15-,17-/m1/s1. The van der Waals surface area contributed by atoms with E-state index in [4.69, 9.17) is 11.6 Å². The summed E-state index contributed by atoms with van der Waals surface area (Å²) in [7, 11) is 0. The van der Waals surface area contributed by atoms with Gasteiger partial charge in [0.25, 0.3) is 5.91 Å². The number of aliphatic hydroxyl groups is 1. The van der Waals surface area contributed by atoms with E-state index in [9.17, 15) is 9.90 Å². The minimum atomic E-state index is -0.597. The molecule has 3 atom stereocenters. The van der Waals surface area contributed by atoms with Crippen LogP contribution in [0.4, 0.5) is 0 Å². The van der Waals surface area contributed by atoms with Gasteiger partial charge in [-0.25, -0.2) is 4.68 Å². The smallest absolute Gasteiger partial charge is 0.253 e. The lowest BCUT2D eigenvalue weighted by molar-refractivity contribution is 0.0872. The SMILES string of the molecule is O=C(N[C@@H]1CC(Cn2cc(Cl)cn2)C[C@H]1O)c1ccncc1-n1cccn1. The summed E-state index contributed by atoms with van der Waals surface area (Å²) in [5, 5.41) is 22.3. The quantitative estimate of drug-likeness (QED) is 0.695. The summed E-state index contributed by atoms with van der Waals surface area (Å²) >= 11 is 5.90. The third-order valence-corrected chi connectivity index (χ3v) is 4.98. The van der Waals surface area contributed by atoms with Crippen LogP contribution in [0.1, 0.15) is 23.2 Å². The molecule has 0 bridgehead atoms. The van der Waals surface area contributed by atoms with Crippen molar-refractivity contribution in [2.45, 2.75) is 31.5 Å². The fraction of sp³-hybridized carbons (Fsp3) is 0.333. The maximum Gasteiger partial charge on any atom is 0.253 e. The fourth-order valence-corrected chi connectivity index (χ4v) is 3.70. The van der Waals surface area contributed by atoms with Crippen LogP contribution in [0.15, 0.2) is 49.3 Å². The van der Waals surface area contributed by atoms with Gasteiger partial charge in [0.1, 0.15) is 0 Å². The minimum Gasteiger partial charge on any atom is -0.391 e. The van der Waals surface area contributed by atoms with Crippen LogP contribution >= 0.6 is 11.6 Å². The second-order valence-electron chi connectivity index (χ2n) is 6.71. The van der Waals surface area contributed by atoms with E-state index in [1.807, 2.05) is 0 Å². The van der Waals surface area contributed by atoms with Crippen molar-refractivity contribution in [2.24, 2.45) is 5.92 Å². The largest absolute Gasteiger partial charge is 0.391 e. The summed E-state index contributed by atoms with van der Waals surface area (Å²) in [6.45, 7) is 0.657. The van der Waals surface area contributed by atoms with E-state index in [1.165, 1.54) is 0 Å². The normalized spacial score (nSPS) is 22.1. The Balaban J connectivity index is 1.44. The van der Waals surface area contributed by atoms with E-state index in [-0.39, 0.29) is 17.9 Å². The molecule has 3 heterocycles. The number of nitrogens with zero attached hydrogens (tertiary/aromatic N) is 5. The van der Waals surface area contributed by atoms with Crippen molar-refractivity contribution in [1.29, 1.82) is 0 Å². The number of rotatable bonds is 5. The molecule has 0 aromatic carbocycles. The Kier molecular flexibility index (Phi) is 4.91. The molecule has 0 spiro atoms.